The van der Waals surface area contributed by atoms with Gasteiger partial charge in [-0.2, -0.15) is 0 Å². The Kier molecular flexibility index (Phi) is 2.64. The zero-order chi connectivity index (χ0) is 11.1. The van der Waals surface area contributed by atoms with Crippen molar-refractivity contribution in [1.29, 1.82) is 0 Å². The van der Waals surface area contributed by atoms with Crippen molar-refractivity contribution in [2.45, 2.75) is 38.3 Å². The highest BCUT2D eigenvalue weighted by Gasteiger charge is 2.38. The fourth-order valence-electron chi connectivity index (χ4n) is 1.74. The number of aryl methyl sites for hydroxylation is 1. The van der Waals surface area contributed by atoms with Crippen LogP contribution in [-0.4, -0.2) is 31.9 Å². The van der Waals surface area contributed by atoms with Crippen LogP contribution in [-0.2, 0) is 0 Å². The van der Waals surface area contributed by atoms with Crippen molar-refractivity contribution in [2.24, 2.45) is 0 Å². The number of halogens is 1. The third kappa shape index (κ3) is 2.43. The van der Waals surface area contributed by atoms with E-state index < -0.39 is 5.60 Å². The first-order valence-corrected chi connectivity index (χ1v) is 5.61. The van der Waals surface area contributed by atoms with Crippen molar-refractivity contribution in [1.82, 2.24) is 15.2 Å². The number of hydrogen-bond acceptors (Lipinski definition) is 5. The summed E-state index contributed by atoms with van der Waals surface area (Å²) < 4.78 is 0.661. The molecule has 0 atom stereocenters. The zero-order valence-corrected chi connectivity index (χ0v) is 10.2. The van der Waals surface area contributed by atoms with Crippen LogP contribution in [0.1, 0.15) is 25.5 Å². The Bertz CT molecular complexity index is 374. The SMILES string of the molecule is Cc1nc(NC2CC(C)(O)C2)nnc1Br. The lowest BCUT2D eigenvalue weighted by Gasteiger charge is -2.41. The zero-order valence-electron chi connectivity index (χ0n) is 8.66. The third-order valence-corrected chi connectivity index (χ3v) is 3.24. The van der Waals surface area contributed by atoms with E-state index in [1.54, 1.807) is 0 Å². The molecule has 6 heteroatoms. The Morgan fingerprint density at radius 2 is 2.13 bits per heavy atom. The molecule has 0 spiro atoms. The van der Waals surface area contributed by atoms with E-state index in [0.29, 0.717) is 10.6 Å². The van der Waals surface area contributed by atoms with Gasteiger partial charge >= 0.3 is 0 Å². The van der Waals surface area contributed by atoms with Crippen LogP contribution in [0.5, 0.6) is 0 Å². The number of anilines is 1. The molecule has 0 bridgehead atoms. The molecule has 0 saturated heterocycles. The van der Waals surface area contributed by atoms with E-state index >= 15 is 0 Å². The van der Waals surface area contributed by atoms with Gasteiger partial charge in [-0.15, -0.1) is 10.2 Å². The molecule has 0 aromatic carbocycles. The average molecular weight is 273 g/mol. The van der Waals surface area contributed by atoms with E-state index in [1.807, 2.05) is 13.8 Å². The summed E-state index contributed by atoms with van der Waals surface area (Å²) in [5, 5.41) is 20.5. The van der Waals surface area contributed by atoms with Crippen LogP contribution in [0.15, 0.2) is 4.60 Å². The Morgan fingerprint density at radius 1 is 1.47 bits per heavy atom. The van der Waals surface area contributed by atoms with Crippen molar-refractivity contribution in [3.63, 3.8) is 0 Å². The summed E-state index contributed by atoms with van der Waals surface area (Å²) in [4.78, 5) is 4.23. The van der Waals surface area contributed by atoms with E-state index in [9.17, 15) is 5.11 Å². The third-order valence-electron chi connectivity index (χ3n) is 2.51. The minimum atomic E-state index is -0.532. The van der Waals surface area contributed by atoms with E-state index in [0.717, 1.165) is 18.5 Å². The summed E-state index contributed by atoms with van der Waals surface area (Å²) >= 11 is 3.24. The van der Waals surface area contributed by atoms with Crippen LogP contribution in [0.25, 0.3) is 0 Å². The molecule has 0 aliphatic heterocycles. The molecular formula is C9H13BrN4O. The first-order valence-electron chi connectivity index (χ1n) is 4.82. The first-order chi connectivity index (χ1) is 6.96. The molecule has 1 aliphatic carbocycles. The number of nitrogens with zero attached hydrogens (tertiary/aromatic N) is 3. The average Bonchev–Trinajstić information content (AvgIpc) is 2.08. The molecule has 5 nitrogen and oxygen atoms in total. The van der Waals surface area contributed by atoms with Crippen molar-refractivity contribution >= 4 is 21.9 Å². The highest BCUT2D eigenvalue weighted by Crippen LogP contribution is 2.33. The Labute approximate surface area is 96.5 Å². The number of hydrogen-bond donors (Lipinski definition) is 2. The van der Waals surface area contributed by atoms with Crippen LogP contribution in [0.4, 0.5) is 5.95 Å². The monoisotopic (exact) mass is 272 g/mol. The predicted octanol–water partition coefficient (Wildman–Crippen LogP) is 1.27. The van der Waals surface area contributed by atoms with Crippen LogP contribution in [0, 0.1) is 6.92 Å². The Hall–Kier alpha value is -0.750. The molecular weight excluding hydrogens is 260 g/mol. The van der Waals surface area contributed by atoms with Gasteiger partial charge in [-0.25, -0.2) is 4.98 Å². The summed E-state index contributed by atoms with van der Waals surface area (Å²) in [5.41, 5.74) is 0.272. The van der Waals surface area contributed by atoms with Crippen molar-refractivity contribution in [3.05, 3.63) is 10.3 Å². The molecule has 0 radical (unpaired) electrons. The molecule has 0 unspecified atom stereocenters. The van der Waals surface area contributed by atoms with Gasteiger partial charge in [0.05, 0.1) is 11.3 Å². The second kappa shape index (κ2) is 3.68. The molecule has 1 heterocycles. The lowest BCUT2D eigenvalue weighted by atomic mass is 9.77. The molecule has 1 fully saturated rings. The Balaban J connectivity index is 1.98. The molecule has 0 amide bonds. The van der Waals surface area contributed by atoms with Gasteiger partial charge in [-0.1, -0.05) is 0 Å². The van der Waals surface area contributed by atoms with Gasteiger partial charge in [0.15, 0.2) is 0 Å². The highest BCUT2D eigenvalue weighted by molar-refractivity contribution is 9.10. The Morgan fingerprint density at radius 3 is 2.67 bits per heavy atom. The summed E-state index contributed by atoms with van der Waals surface area (Å²) in [5.74, 6) is 0.524. The summed E-state index contributed by atoms with van der Waals surface area (Å²) in [6.45, 7) is 3.69. The maximum atomic E-state index is 9.56. The smallest absolute Gasteiger partial charge is 0.243 e. The molecule has 1 saturated carbocycles. The largest absolute Gasteiger partial charge is 0.390 e. The van der Waals surface area contributed by atoms with Gasteiger partial charge in [-0.05, 0) is 42.6 Å². The van der Waals surface area contributed by atoms with Gasteiger partial charge < -0.3 is 10.4 Å². The van der Waals surface area contributed by atoms with E-state index in [-0.39, 0.29) is 6.04 Å². The quantitative estimate of drug-likeness (QED) is 0.849. The standard InChI is InChI=1S/C9H13BrN4O/c1-5-7(10)13-14-8(11-5)12-6-3-9(2,15)4-6/h6,15H,3-4H2,1-2H3,(H,11,12,14). The molecule has 2 rings (SSSR count). The second-order valence-electron chi connectivity index (χ2n) is 4.26. The van der Waals surface area contributed by atoms with E-state index in [1.165, 1.54) is 0 Å². The molecule has 82 valence electrons. The lowest BCUT2D eigenvalue weighted by Crippen LogP contribution is -2.48. The van der Waals surface area contributed by atoms with Gasteiger partial charge in [0.25, 0.3) is 0 Å². The van der Waals surface area contributed by atoms with E-state index in [4.69, 9.17) is 0 Å². The number of nitrogens with one attached hydrogen (secondary N) is 1. The highest BCUT2D eigenvalue weighted by atomic mass is 79.9. The van der Waals surface area contributed by atoms with Crippen LogP contribution in [0.2, 0.25) is 0 Å². The van der Waals surface area contributed by atoms with Gasteiger partial charge in [-0.3, -0.25) is 0 Å². The van der Waals surface area contributed by atoms with Gasteiger partial charge in [0, 0.05) is 6.04 Å². The first kappa shape index (κ1) is 10.8. The summed E-state index contributed by atoms with van der Waals surface area (Å²) in [7, 11) is 0. The summed E-state index contributed by atoms with van der Waals surface area (Å²) in [6.07, 6.45) is 1.46. The minimum Gasteiger partial charge on any atom is -0.390 e. The van der Waals surface area contributed by atoms with Crippen molar-refractivity contribution < 1.29 is 5.11 Å². The van der Waals surface area contributed by atoms with E-state index in [2.05, 4.69) is 36.4 Å². The van der Waals surface area contributed by atoms with Crippen molar-refractivity contribution in [3.8, 4) is 0 Å². The molecule has 1 aromatic heterocycles. The van der Waals surface area contributed by atoms with Gasteiger partial charge in [0.1, 0.15) is 4.60 Å². The second-order valence-corrected chi connectivity index (χ2v) is 5.01. The summed E-state index contributed by atoms with van der Waals surface area (Å²) in [6, 6.07) is 0.252. The van der Waals surface area contributed by atoms with Crippen LogP contribution in [0.3, 0.4) is 0 Å². The molecule has 15 heavy (non-hydrogen) atoms. The maximum Gasteiger partial charge on any atom is 0.243 e. The fraction of sp³-hybridized carbons (Fsp3) is 0.667. The number of aliphatic hydroxyl groups is 1. The van der Waals surface area contributed by atoms with Crippen LogP contribution < -0.4 is 5.32 Å². The lowest BCUT2D eigenvalue weighted by molar-refractivity contribution is -0.0236. The normalized spacial score (nSPS) is 29.7. The number of rotatable bonds is 2. The number of aromatic nitrogens is 3. The van der Waals surface area contributed by atoms with Crippen LogP contribution >= 0.6 is 15.9 Å². The molecule has 2 N–H and O–H groups in total. The maximum absolute atomic E-state index is 9.56. The minimum absolute atomic E-state index is 0.252. The van der Waals surface area contributed by atoms with Gasteiger partial charge in [0.2, 0.25) is 5.95 Å². The molecule has 1 aliphatic rings. The topological polar surface area (TPSA) is 70.9 Å². The fourth-order valence-corrected chi connectivity index (χ4v) is 1.91. The predicted molar refractivity (Wildman–Crippen MR) is 59.5 cm³/mol. The molecule has 1 aromatic rings. The van der Waals surface area contributed by atoms with Crippen molar-refractivity contribution in [2.75, 3.05) is 5.32 Å².